The molecule has 1 spiro atoms. The Balaban J connectivity index is 2.24. The van der Waals surface area contributed by atoms with Gasteiger partial charge < -0.3 is 0 Å². The topological polar surface area (TPSA) is 37.4 Å². The van der Waals surface area contributed by atoms with Crippen LogP contribution >= 0.6 is 0 Å². The fourth-order valence-electron chi connectivity index (χ4n) is 2.59. The van der Waals surface area contributed by atoms with Gasteiger partial charge >= 0.3 is 0 Å². The Morgan fingerprint density at radius 1 is 1.23 bits per heavy atom. The zero-order chi connectivity index (χ0) is 9.53. The lowest BCUT2D eigenvalue weighted by Crippen LogP contribution is -2.52. The highest BCUT2D eigenvalue weighted by molar-refractivity contribution is 7.89. The Bertz CT molecular complexity index is 293. The van der Waals surface area contributed by atoms with Gasteiger partial charge in [0.2, 0.25) is 10.0 Å². The predicted molar refractivity (Wildman–Crippen MR) is 52.0 cm³/mol. The lowest BCUT2D eigenvalue weighted by Gasteiger charge is -2.44. The Hall–Kier alpha value is -0.0900. The molecule has 1 aliphatic heterocycles. The standard InChI is InChI=1S/C9H17NO2S/c1-2-13(11,12)10-8-4-7-9(10)5-3-6-9/h2-8H2,1H3. The van der Waals surface area contributed by atoms with Gasteiger partial charge in [-0.2, -0.15) is 4.31 Å². The quantitative estimate of drug-likeness (QED) is 0.679. The Morgan fingerprint density at radius 3 is 2.31 bits per heavy atom. The highest BCUT2D eigenvalue weighted by Crippen LogP contribution is 2.46. The zero-order valence-corrected chi connectivity index (χ0v) is 8.94. The summed E-state index contributed by atoms with van der Waals surface area (Å²) in [6.07, 6.45) is 5.53. The molecule has 0 radical (unpaired) electrons. The van der Waals surface area contributed by atoms with Crippen LogP contribution in [0.2, 0.25) is 0 Å². The van der Waals surface area contributed by atoms with Crippen LogP contribution < -0.4 is 0 Å². The van der Waals surface area contributed by atoms with Crippen molar-refractivity contribution in [1.29, 1.82) is 0 Å². The summed E-state index contributed by atoms with van der Waals surface area (Å²) in [5, 5.41) is 0. The lowest BCUT2D eigenvalue weighted by molar-refractivity contribution is 0.128. The summed E-state index contributed by atoms with van der Waals surface area (Å²) in [5.41, 5.74) is 0.0643. The molecule has 1 heterocycles. The monoisotopic (exact) mass is 203 g/mol. The summed E-state index contributed by atoms with van der Waals surface area (Å²) in [5.74, 6) is 0.259. The SMILES string of the molecule is CCS(=O)(=O)N1CCCC12CCC2. The molecular weight excluding hydrogens is 186 g/mol. The van der Waals surface area contributed by atoms with E-state index in [1.54, 1.807) is 11.2 Å². The molecule has 0 unspecified atom stereocenters. The van der Waals surface area contributed by atoms with Crippen LogP contribution in [-0.2, 0) is 10.0 Å². The molecule has 0 aromatic heterocycles. The van der Waals surface area contributed by atoms with Crippen LogP contribution in [0, 0.1) is 0 Å². The van der Waals surface area contributed by atoms with E-state index < -0.39 is 10.0 Å². The fourth-order valence-corrected chi connectivity index (χ4v) is 4.17. The third-order valence-electron chi connectivity index (χ3n) is 3.52. The van der Waals surface area contributed by atoms with Gasteiger partial charge in [-0.05, 0) is 39.0 Å². The summed E-state index contributed by atoms with van der Waals surface area (Å²) in [6.45, 7) is 2.50. The van der Waals surface area contributed by atoms with Crippen molar-refractivity contribution in [3.63, 3.8) is 0 Å². The van der Waals surface area contributed by atoms with E-state index in [1.807, 2.05) is 0 Å². The Labute approximate surface area is 80.2 Å². The molecule has 3 nitrogen and oxygen atoms in total. The van der Waals surface area contributed by atoms with Crippen molar-refractivity contribution in [1.82, 2.24) is 4.31 Å². The first-order valence-corrected chi connectivity index (χ1v) is 6.72. The zero-order valence-electron chi connectivity index (χ0n) is 8.12. The summed E-state index contributed by atoms with van der Waals surface area (Å²) in [6, 6.07) is 0. The van der Waals surface area contributed by atoms with E-state index in [4.69, 9.17) is 0 Å². The lowest BCUT2D eigenvalue weighted by atomic mass is 9.76. The molecule has 1 saturated carbocycles. The van der Waals surface area contributed by atoms with E-state index >= 15 is 0 Å². The van der Waals surface area contributed by atoms with Crippen molar-refractivity contribution < 1.29 is 8.42 Å². The highest BCUT2D eigenvalue weighted by Gasteiger charge is 2.49. The summed E-state index contributed by atoms with van der Waals surface area (Å²) >= 11 is 0. The second-order valence-electron chi connectivity index (χ2n) is 4.15. The third-order valence-corrected chi connectivity index (χ3v) is 5.49. The highest BCUT2D eigenvalue weighted by atomic mass is 32.2. The number of rotatable bonds is 2. The van der Waals surface area contributed by atoms with Crippen molar-refractivity contribution in [2.24, 2.45) is 0 Å². The second kappa shape index (κ2) is 2.95. The molecule has 0 atom stereocenters. The van der Waals surface area contributed by atoms with Crippen LogP contribution in [0.3, 0.4) is 0 Å². The summed E-state index contributed by atoms with van der Waals surface area (Å²) in [7, 11) is -2.93. The molecule has 2 rings (SSSR count). The minimum Gasteiger partial charge on any atom is -0.212 e. The molecule has 0 bridgehead atoms. The van der Waals surface area contributed by atoms with Crippen molar-refractivity contribution in [3.05, 3.63) is 0 Å². The normalized spacial score (nSPS) is 27.8. The van der Waals surface area contributed by atoms with E-state index in [0.717, 1.165) is 32.2 Å². The van der Waals surface area contributed by atoms with Crippen LogP contribution in [0.25, 0.3) is 0 Å². The van der Waals surface area contributed by atoms with E-state index in [-0.39, 0.29) is 11.3 Å². The van der Waals surface area contributed by atoms with Crippen molar-refractivity contribution in [3.8, 4) is 0 Å². The maximum Gasteiger partial charge on any atom is 0.214 e. The third kappa shape index (κ3) is 1.31. The smallest absolute Gasteiger partial charge is 0.212 e. The average Bonchev–Trinajstić information content (AvgIpc) is 2.47. The number of nitrogens with zero attached hydrogens (tertiary/aromatic N) is 1. The Morgan fingerprint density at radius 2 is 1.85 bits per heavy atom. The van der Waals surface area contributed by atoms with Gasteiger partial charge in [-0.1, -0.05) is 0 Å². The van der Waals surface area contributed by atoms with Crippen LogP contribution in [-0.4, -0.2) is 30.6 Å². The minimum atomic E-state index is -2.93. The summed E-state index contributed by atoms with van der Waals surface area (Å²) < 4.78 is 25.3. The number of hydrogen-bond acceptors (Lipinski definition) is 2. The summed E-state index contributed by atoms with van der Waals surface area (Å²) in [4.78, 5) is 0. The first kappa shape index (κ1) is 9.46. The van der Waals surface area contributed by atoms with E-state index in [0.29, 0.717) is 0 Å². The first-order chi connectivity index (χ1) is 6.11. The van der Waals surface area contributed by atoms with Gasteiger partial charge in [-0.25, -0.2) is 8.42 Å². The molecule has 1 aliphatic carbocycles. The van der Waals surface area contributed by atoms with Gasteiger partial charge in [-0.3, -0.25) is 0 Å². The van der Waals surface area contributed by atoms with E-state index in [9.17, 15) is 8.42 Å². The second-order valence-corrected chi connectivity index (χ2v) is 6.34. The van der Waals surface area contributed by atoms with Gasteiger partial charge in [0, 0.05) is 12.1 Å². The van der Waals surface area contributed by atoms with E-state index in [2.05, 4.69) is 0 Å². The van der Waals surface area contributed by atoms with Crippen LogP contribution in [0.4, 0.5) is 0 Å². The van der Waals surface area contributed by atoms with Crippen LogP contribution in [0.5, 0.6) is 0 Å². The van der Waals surface area contributed by atoms with Gasteiger partial charge in [-0.15, -0.1) is 0 Å². The maximum atomic E-state index is 11.7. The molecule has 13 heavy (non-hydrogen) atoms. The van der Waals surface area contributed by atoms with Gasteiger partial charge in [0.15, 0.2) is 0 Å². The molecule has 0 aromatic rings. The average molecular weight is 203 g/mol. The van der Waals surface area contributed by atoms with E-state index in [1.165, 1.54) is 6.42 Å². The maximum absolute atomic E-state index is 11.7. The minimum absolute atomic E-state index is 0.0643. The molecular formula is C9H17NO2S. The fraction of sp³-hybridized carbons (Fsp3) is 1.00. The molecule has 1 saturated heterocycles. The molecule has 2 aliphatic rings. The molecule has 0 amide bonds. The van der Waals surface area contributed by atoms with Gasteiger partial charge in [0.25, 0.3) is 0 Å². The molecule has 4 heteroatoms. The molecule has 0 aromatic carbocycles. The number of hydrogen-bond donors (Lipinski definition) is 0. The molecule has 76 valence electrons. The van der Waals surface area contributed by atoms with Gasteiger partial charge in [0.1, 0.15) is 0 Å². The number of sulfonamides is 1. The predicted octanol–water partition coefficient (Wildman–Crippen LogP) is 1.35. The van der Waals surface area contributed by atoms with Crippen molar-refractivity contribution in [2.75, 3.05) is 12.3 Å². The van der Waals surface area contributed by atoms with Crippen molar-refractivity contribution in [2.45, 2.75) is 44.6 Å². The molecule has 0 N–H and O–H groups in total. The van der Waals surface area contributed by atoms with Crippen LogP contribution in [0.15, 0.2) is 0 Å². The van der Waals surface area contributed by atoms with Crippen molar-refractivity contribution >= 4 is 10.0 Å². The Kier molecular flexibility index (Phi) is 2.15. The molecule has 2 fully saturated rings. The van der Waals surface area contributed by atoms with Gasteiger partial charge in [0.05, 0.1) is 5.75 Å². The largest absolute Gasteiger partial charge is 0.214 e. The first-order valence-electron chi connectivity index (χ1n) is 5.11. The van der Waals surface area contributed by atoms with Crippen LogP contribution in [0.1, 0.15) is 39.0 Å².